The van der Waals surface area contributed by atoms with Crippen LogP contribution in [-0.2, 0) is 10.3 Å². The molecule has 1 unspecified atom stereocenters. The lowest BCUT2D eigenvalue weighted by molar-refractivity contribution is -0.137. The Morgan fingerprint density at radius 3 is 2.28 bits per heavy atom. The molecule has 1 amide bonds. The molecule has 1 aliphatic heterocycles. The number of benzene rings is 1. The maximum absolute atomic E-state index is 12.8. The molecule has 1 aromatic carbocycles. The lowest BCUT2D eigenvalue weighted by Crippen LogP contribution is -2.57. The summed E-state index contributed by atoms with van der Waals surface area (Å²) in [4.78, 5) is 25.2. The van der Waals surface area contributed by atoms with E-state index in [1.807, 2.05) is 35.2 Å². The number of piperazine rings is 1. The van der Waals surface area contributed by atoms with Crippen LogP contribution >= 0.6 is 24.8 Å². The van der Waals surface area contributed by atoms with Crippen molar-refractivity contribution in [3.8, 4) is 0 Å². The van der Waals surface area contributed by atoms with E-state index >= 15 is 0 Å². The molecule has 3 rings (SSSR count). The average Bonchev–Trinajstić information content (AvgIpc) is 2.63. The van der Waals surface area contributed by atoms with E-state index in [-0.39, 0.29) is 30.7 Å². The fraction of sp³-hybridized carbons (Fsp3) is 0.353. The maximum Gasteiger partial charge on any atom is 0.247 e. The number of hydrogen-bond acceptors (Lipinski definition) is 5. The van der Waals surface area contributed by atoms with Crippen molar-refractivity contribution in [2.24, 2.45) is 5.73 Å². The highest BCUT2D eigenvalue weighted by Gasteiger charge is 2.35. The van der Waals surface area contributed by atoms with E-state index in [4.69, 9.17) is 5.73 Å². The second-order valence-electron chi connectivity index (χ2n) is 5.91. The molecule has 136 valence electrons. The lowest BCUT2D eigenvalue weighted by atomic mass is 9.91. The number of carbonyl (C=O) groups is 1. The summed E-state index contributed by atoms with van der Waals surface area (Å²) in [5, 5.41) is 0. The van der Waals surface area contributed by atoms with Gasteiger partial charge in [-0.2, -0.15) is 0 Å². The van der Waals surface area contributed by atoms with Crippen molar-refractivity contribution < 1.29 is 4.79 Å². The van der Waals surface area contributed by atoms with Crippen molar-refractivity contribution in [1.82, 2.24) is 14.9 Å². The molecule has 25 heavy (non-hydrogen) atoms. The minimum absolute atomic E-state index is 0. The summed E-state index contributed by atoms with van der Waals surface area (Å²) >= 11 is 0. The molecule has 2 aromatic rings. The van der Waals surface area contributed by atoms with Gasteiger partial charge >= 0.3 is 0 Å². The summed E-state index contributed by atoms with van der Waals surface area (Å²) in [6.45, 7) is 4.51. The Balaban J connectivity index is 0.00000156. The zero-order chi connectivity index (χ0) is 16.3. The molecule has 0 aliphatic carbocycles. The first-order valence-electron chi connectivity index (χ1n) is 7.74. The van der Waals surface area contributed by atoms with Gasteiger partial charge < -0.3 is 15.5 Å². The molecule has 0 bridgehead atoms. The van der Waals surface area contributed by atoms with Crippen molar-refractivity contribution in [1.29, 1.82) is 0 Å². The Kier molecular flexibility index (Phi) is 7.60. The van der Waals surface area contributed by atoms with Crippen LogP contribution in [0, 0.1) is 0 Å². The van der Waals surface area contributed by atoms with Crippen LogP contribution in [0.3, 0.4) is 0 Å². The largest absolute Gasteiger partial charge is 0.352 e. The molecular weight excluding hydrogens is 361 g/mol. The van der Waals surface area contributed by atoms with E-state index in [0.717, 1.165) is 24.5 Å². The molecule has 1 atom stereocenters. The normalized spacial score (nSPS) is 16.2. The Morgan fingerprint density at radius 1 is 1.08 bits per heavy atom. The lowest BCUT2D eigenvalue weighted by Gasteiger charge is -2.38. The zero-order valence-corrected chi connectivity index (χ0v) is 15.7. The van der Waals surface area contributed by atoms with Gasteiger partial charge in [-0.3, -0.25) is 9.78 Å². The van der Waals surface area contributed by atoms with Gasteiger partial charge in [0.15, 0.2) is 0 Å². The molecule has 8 heteroatoms. The highest BCUT2D eigenvalue weighted by Crippen LogP contribution is 2.22. The van der Waals surface area contributed by atoms with E-state index in [1.54, 1.807) is 25.5 Å². The predicted molar refractivity (Wildman–Crippen MR) is 103 cm³/mol. The van der Waals surface area contributed by atoms with Gasteiger partial charge in [0.1, 0.15) is 11.4 Å². The number of halogens is 2. The van der Waals surface area contributed by atoms with E-state index in [9.17, 15) is 4.79 Å². The molecule has 0 radical (unpaired) electrons. The Bertz CT molecular complexity index is 661. The molecule has 1 aliphatic rings. The van der Waals surface area contributed by atoms with Crippen LogP contribution in [0.5, 0.6) is 0 Å². The van der Waals surface area contributed by atoms with Crippen molar-refractivity contribution >= 4 is 36.5 Å². The first-order valence-corrected chi connectivity index (χ1v) is 7.74. The number of rotatable bonds is 3. The number of aromatic nitrogens is 2. The summed E-state index contributed by atoms with van der Waals surface area (Å²) in [5.74, 6) is 0.806. The fourth-order valence-corrected chi connectivity index (χ4v) is 2.83. The average molecular weight is 384 g/mol. The smallest absolute Gasteiger partial charge is 0.247 e. The van der Waals surface area contributed by atoms with Gasteiger partial charge in [-0.15, -0.1) is 24.8 Å². The number of anilines is 1. The molecule has 2 N–H and O–H groups in total. The molecule has 1 saturated heterocycles. The minimum atomic E-state index is -1.00. The third-order valence-corrected chi connectivity index (χ3v) is 4.26. The van der Waals surface area contributed by atoms with Gasteiger partial charge in [0.05, 0.1) is 6.20 Å². The summed E-state index contributed by atoms with van der Waals surface area (Å²) < 4.78 is 0. The number of nitrogens with zero attached hydrogens (tertiary/aromatic N) is 4. The van der Waals surface area contributed by atoms with Crippen molar-refractivity contribution in [2.75, 3.05) is 31.1 Å². The van der Waals surface area contributed by atoms with Gasteiger partial charge in [0.25, 0.3) is 0 Å². The number of amides is 1. The highest BCUT2D eigenvalue weighted by molar-refractivity contribution is 5.87. The van der Waals surface area contributed by atoms with Crippen molar-refractivity contribution in [3.05, 3.63) is 54.5 Å². The van der Waals surface area contributed by atoms with Gasteiger partial charge in [-0.05, 0) is 12.5 Å². The van der Waals surface area contributed by atoms with Crippen LogP contribution in [-0.4, -0.2) is 47.0 Å². The van der Waals surface area contributed by atoms with E-state index in [1.165, 1.54) is 0 Å². The van der Waals surface area contributed by atoms with Crippen LogP contribution in [0.15, 0.2) is 48.9 Å². The summed E-state index contributed by atoms with van der Waals surface area (Å²) in [5.41, 5.74) is 6.16. The standard InChI is InChI=1S/C17H21N5O.2ClH/c1-17(18,14-5-3-2-4-6-14)16(23)22-11-9-21(10-12-22)15-13-19-7-8-20-15;;/h2-8,13H,9-12,18H2,1H3;2*1H. The Hall–Kier alpha value is -1.89. The highest BCUT2D eigenvalue weighted by atomic mass is 35.5. The SMILES string of the molecule is CC(N)(C(=O)N1CCN(c2cnccn2)CC1)c1ccccc1.Cl.Cl. The molecular formula is C17H23Cl2N5O. The van der Waals surface area contributed by atoms with Crippen LogP contribution in [0.2, 0.25) is 0 Å². The second-order valence-corrected chi connectivity index (χ2v) is 5.91. The first-order chi connectivity index (χ1) is 11.1. The van der Waals surface area contributed by atoms with Crippen LogP contribution < -0.4 is 10.6 Å². The topological polar surface area (TPSA) is 75.4 Å². The van der Waals surface area contributed by atoms with Crippen molar-refractivity contribution in [3.63, 3.8) is 0 Å². The molecule has 2 heterocycles. The third kappa shape index (κ3) is 4.60. The Labute approximate surface area is 160 Å². The molecule has 1 fully saturated rings. The molecule has 6 nitrogen and oxygen atoms in total. The van der Waals surface area contributed by atoms with Gasteiger partial charge in [0.2, 0.25) is 5.91 Å². The third-order valence-electron chi connectivity index (χ3n) is 4.26. The molecule has 0 saturated carbocycles. The predicted octanol–water partition coefficient (Wildman–Crippen LogP) is 1.84. The van der Waals surface area contributed by atoms with E-state index in [0.29, 0.717) is 13.1 Å². The quantitative estimate of drug-likeness (QED) is 0.874. The number of carbonyl (C=O) groups excluding carboxylic acids is 1. The van der Waals surface area contributed by atoms with E-state index < -0.39 is 5.54 Å². The second kappa shape index (κ2) is 8.99. The van der Waals surface area contributed by atoms with Crippen LogP contribution in [0.25, 0.3) is 0 Å². The maximum atomic E-state index is 12.8. The summed E-state index contributed by atoms with van der Waals surface area (Å²) in [6, 6.07) is 9.52. The number of nitrogens with two attached hydrogens (primary N) is 1. The molecule has 0 spiro atoms. The number of hydrogen-bond donors (Lipinski definition) is 1. The van der Waals surface area contributed by atoms with Gasteiger partial charge in [0, 0.05) is 38.6 Å². The van der Waals surface area contributed by atoms with Crippen LogP contribution in [0.4, 0.5) is 5.82 Å². The first kappa shape index (κ1) is 21.2. The van der Waals surface area contributed by atoms with Crippen LogP contribution in [0.1, 0.15) is 12.5 Å². The Morgan fingerprint density at radius 2 is 1.72 bits per heavy atom. The van der Waals surface area contributed by atoms with Gasteiger partial charge in [-0.25, -0.2) is 4.98 Å². The zero-order valence-electron chi connectivity index (χ0n) is 14.0. The monoisotopic (exact) mass is 383 g/mol. The minimum Gasteiger partial charge on any atom is -0.352 e. The molecule has 1 aromatic heterocycles. The summed E-state index contributed by atoms with van der Waals surface area (Å²) in [7, 11) is 0. The van der Waals surface area contributed by atoms with E-state index in [2.05, 4.69) is 14.9 Å². The summed E-state index contributed by atoms with van der Waals surface area (Å²) in [6.07, 6.45) is 5.08. The van der Waals surface area contributed by atoms with Crippen molar-refractivity contribution in [2.45, 2.75) is 12.5 Å². The fourth-order valence-electron chi connectivity index (χ4n) is 2.83. The van der Waals surface area contributed by atoms with Gasteiger partial charge in [-0.1, -0.05) is 30.3 Å².